The van der Waals surface area contributed by atoms with Crippen molar-refractivity contribution in [1.82, 2.24) is 4.98 Å². The van der Waals surface area contributed by atoms with E-state index in [1.165, 1.54) is 7.11 Å². The van der Waals surface area contributed by atoms with Gasteiger partial charge >= 0.3 is 0 Å². The van der Waals surface area contributed by atoms with Gasteiger partial charge in [0.1, 0.15) is 17.2 Å². The van der Waals surface area contributed by atoms with Crippen molar-refractivity contribution in [3.63, 3.8) is 0 Å². The lowest BCUT2D eigenvalue weighted by molar-refractivity contribution is 0.0997. The summed E-state index contributed by atoms with van der Waals surface area (Å²) in [6.45, 7) is 0. The van der Waals surface area contributed by atoms with Gasteiger partial charge in [0.15, 0.2) is 0 Å². The van der Waals surface area contributed by atoms with Crippen LogP contribution >= 0.6 is 11.6 Å². The second kappa shape index (κ2) is 7.25. The molecule has 0 aliphatic rings. The summed E-state index contributed by atoms with van der Waals surface area (Å²) < 4.78 is 11.1. The van der Waals surface area contributed by atoms with E-state index in [9.17, 15) is 4.79 Å². The Labute approximate surface area is 148 Å². The Morgan fingerprint density at radius 3 is 2.56 bits per heavy atom. The maximum atomic E-state index is 11.6. The smallest absolute Gasteiger partial charge is 0.252 e. The summed E-state index contributed by atoms with van der Waals surface area (Å²) in [4.78, 5) is 15.9. The van der Waals surface area contributed by atoms with E-state index < -0.39 is 5.91 Å². The number of primary amides is 1. The topological polar surface area (TPSA) is 132 Å². The van der Waals surface area contributed by atoms with E-state index in [-0.39, 0.29) is 11.0 Å². The number of carbonyl (C=O) groups is 1. The Bertz CT molecular complexity index is 947. The van der Waals surface area contributed by atoms with Crippen molar-refractivity contribution in [2.75, 3.05) is 12.8 Å². The number of nitrogen functional groups attached to an aromatic ring is 1. The van der Waals surface area contributed by atoms with Crippen molar-refractivity contribution >= 4 is 34.1 Å². The van der Waals surface area contributed by atoms with Crippen molar-refractivity contribution in [1.29, 1.82) is 0 Å². The molecule has 0 atom stereocenters. The molecule has 3 aromatic rings. The van der Waals surface area contributed by atoms with E-state index in [0.717, 1.165) is 0 Å². The molecule has 0 bridgehead atoms. The van der Waals surface area contributed by atoms with Crippen LogP contribution in [0.4, 0.5) is 5.69 Å². The number of ether oxygens (including phenoxy) is 2. The van der Waals surface area contributed by atoms with E-state index in [4.69, 9.17) is 32.5 Å². The molecule has 0 radical (unpaired) electrons. The zero-order chi connectivity index (χ0) is 17.3. The number of methoxy groups -OCH3 is 1. The molecule has 1 aromatic heterocycles. The maximum Gasteiger partial charge on any atom is 0.252 e. The zero-order valence-electron chi connectivity index (χ0n) is 13.2. The van der Waals surface area contributed by atoms with Gasteiger partial charge in [-0.15, -0.1) is 0 Å². The number of rotatable bonds is 4. The van der Waals surface area contributed by atoms with Gasteiger partial charge in [-0.05, 0) is 24.3 Å². The van der Waals surface area contributed by atoms with E-state index in [1.807, 2.05) is 0 Å². The van der Waals surface area contributed by atoms with Crippen LogP contribution in [-0.2, 0) is 0 Å². The zero-order valence-corrected chi connectivity index (χ0v) is 14.0. The number of halogens is 1. The van der Waals surface area contributed by atoms with Crippen LogP contribution < -0.4 is 20.9 Å². The molecule has 0 saturated heterocycles. The minimum atomic E-state index is -0.598. The average molecular weight is 362 g/mol. The fourth-order valence-electron chi connectivity index (χ4n) is 2.30. The predicted molar refractivity (Wildman–Crippen MR) is 96.4 cm³/mol. The fraction of sp³-hybridized carbons (Fsp3) is 0.0588. The molecule has 3 rings (SSSR count). The van der Waals surface area contributed by atoms with E-state index in [2.05, 4.69) is 4.98 Å². The lowest BCUT2D eigenvalue weighted by atomic mass is 10.1. The number of pyridine rings is 1. The molecule has 0 spiro atoms. The molecule has 0 aliphatic heterocycles. The van der Waals surface area contributed by atoms with Crippen LogP contribution in [-0.4, -0.2) is 23.5 Å². The first-order valence-electron chi connectivity index (χ1n) is 6.99. The first-order valence-corrected chi connectivity index (χ1v) is 7.37. The first-order chi connectivity index (χ1) is 11.5. The van der Waals surface area contributed by atoms with E-state index in [0.29, 0.717) is 38.9 Å². The van der Waals surface area contributed by atoms with Crippen molar-refractivity contribution in [2.45, 2.75) is 0 Å². The Hall–Kier alpha value is -3.03. The molecule has 1 amide bonds. The summed E-state index contributed by atoms with van der Waals surface area (Å²) in [5.41, 5.74) is 12.4. The number of aromatic nitrogens is 1. The third-order valence-corrected chi connectivity index (χ3v) is 3.82. The standard InChI is InChI=1S/C17H14ClN3O3.H2O/c1-23-16-8-14-10(7-11(16)17(20)22)15(4-5-21-14)24-9-2-3-13(19)12(18)6-9;/h2-8H,19H2,1H3,(H2,20,22);1H2. The van der Waals surface area contributed by atoms with Crippen molar-refractivity contribution in [3.05, 3.63) is 53.2 Å². The van der Waals surface area contributed by atoms with Gasteiger partial charge in [-0.1, -0.05) is 11.6 Å². The summed E-state index contributed by atoms with van der Waals surface area (Å²) in [6, 6.07) is 9.88. The molecular weight excluding hydrogens is 346 g/mol. The van der Waals surface area contributed by atoms with Gasteiger partial charge in [0.2, 0.25) is 0 Å². The number of carbonyl (C=O) groups excluding carboxylic acids is 1. The molecule has 25 heavy (non-hydrogen) atoms. The van der Waals surface area contributed by atoms with Crippen LogP contribution in [0.2, 0.25) is 5.02 Å². The van der Waals surface area contributed by atoms with Gasteiger partial charge < -0.3 is 26.4 Å². The number of benzene rings is 2. The number of nitrogens with zero attached hydrogens (tertiary/aromatic N) is 1. The second-order valence-electron chi connectivity index (χ2n) is 5.03. The SMILES string of the molecule is COc1cc2nccc(Oc3ccc(N)c(Cl)c3)c2cc1C(N)=O.O. The molecule has 2 aromatic carbocycles. The molecule has 8 heteroatoms. The molecule has 1 heterocycles. The van der Waals surface area contributed by atoms with Crippen molar-refractivity contribution < 1.29 is 19.7 Å². The maximum absolute atomic E-state index is 11.6. The van der Waals surface area contributed by atoms with Gasteiger partial charge in [0, 0.05) is 23.7 Å². The van der Waals surface area contributed by atoms with Crippen LogP contribution in [0.25, 0.3) is 10.9 Å². The third-order valence-electron chi connectivity index (χ3n) is 3.49. The monoisotopic (exact) mass is 361 g/mol. The normalized spacial score (nSPS) is 10.2. The van der Waals surface area contributed by atoms with Gasteiger partial charge in [-0.2, -0.15) is 0 Å². The van der Waals surface area contributed by atoms with Crippen LogP contribution in [0.1, 0.15) is 10.4 Å². The van der Waals surface area contributed by atoms with Gasteiger partial charge in [-0.25, -0.2) is 0 Å². The molecule has 0 saturated carbocycles. The van der Waals surface area contributed by atoms with Crippen LogP contribution in [0.15, 0.2) is 42.6 Å². The third kappa shape index (κ3) is 3.57. The van der Waals surface area contributed by atoms with Gasteiger partial charge in [0.25, 0.3) is 5.91 Å². The molecule has 0 aliphatic carbocycles. The molecule has 130 valence electrons. The Kier molecular flexibility index (Phi) is 5.31. The van der Waals surface area contributed by atoms with Crippen LogP contribution in [0.3, 0.4) is 0 Å². The summed E-state index contributed by atoms with van der Waals surface area (Å²) in [6.07, 6.45) is 1.60. The van der Waals surface area contributed by atoms with Crippen LogP contribution in [0, 0.1) is 0 Å². The highest BCUT2D eigenvalue weighted by Crippen LogP contribution is 2.34. The molecular formula is C17H16ClN3O4. The Morgan fingerprint density at radius 1 is 1.16 bits per heavy atom. The van der Waals surface area contributed by atoms with E-state index in [1.54, 1.807) is 42.6 Å². The highest BCUT2D eigenvalue weighted by atomic mass is 35.5. The Balaban J connectivity index is 0.00000225. The summed E-state index contributed by atoms with van der Waals surface area (Å²) in [5, 5.41) is 1.02. The highest BCUT2D eigenvalue weighted by Gasteiger charge is 2.14. The average Bonchev–Trinajstić information content (AvgIpc) is 2.57. The minimum absolute atomic E-state index is 0. The number of hydrogen-bond donors (Lipinski definition) is 2. The molecule has 7 nitrogen and oxygen atoms in total. The molecule has 6 N–H and O–H groups in total. The number of nitrogens with two attached hydrogens (primary N) is 2. The summed E-state index contributed by atoms with van der Waals surface area (Å²) >= 11 is 6.01. The molecule has 0 fully saturated rings. The molecule has 0 unspecified atom stereocenters. The lowest BCUT2D eigenvalue weighted by Gasteiger charge is -2.12. The highest BCUT2D eigenvalue weighted by molar-refractivity contribution is 6.33. The van der Waals surface area contributed by atoms with Crippen LogP contribution in [0.5, 0.6) is 17.2 Å². The largest absolute Gasteiger partial charge is 0.496 e. The lowest BCUT2D eigenvalue weighted by Crippen LogP contribution is -2.12. The number of amides is 1. The first kappa shape index (κ1) is 18.3. The quantitative estimate of drug-likeness (QED) is 0.689. The number of anilines is 1. The van der Waals surface area contributed by atoms with E-state index >= 15 is 0 Å². The summed E-state index contributed by atoms with van der Waals surface area (Å²) in [5.74, 6) is 0.776. The van der Waals surface area contributed by atoms with Crippen molar-refractivity contribution in [3.8, 4) is 17.2 Å². The second-order valence-corrected chi connectivity index (χ2v) is 5.44. The summed E-state index contributed by atoms with van der Waals surface area (Å²) in [7, 11) is 1.46. The predicted octanol–water partition coefficient (Wildman–Crippen LogP) is 2.55. The van der Waals surface area contributed by atoms with Gasteiger partial charge in [0.05, 0.1) is 28.9 Å². The number of hydrogen-bond acceptors (Lipinski definition) is 5. The van der Waals surface area contributed by atoms with Gasteiger partial charge in [-0.3, -0.25) is 9.78 Å². The Morgan fingerprint density at radius 2 is 1.92 bits per heavy atom. The van der Waals surface area contributed by atoms with Crippen molar-refractivity contribution in [2.24, 2.45) is 5.73 Å². The fourth-order valence-corrected chi connectivity index (χ4v) is 2.47. The number of fused-ring (bicyclic) bond motifs is 1. The minimum Gasteiger partial charge on any atom is -0.496 e.